The molecule has 2 aromatic rings. The Hall–Kier alpha value is -1.76. The van der Waals surface area contributed by atoms with Crippen molar-refractivity contribution in [1.82, 2.24) is 15.1 Å². The molecule has 0 radical (unpaired) electrons. The summed E-state index contributed by atoms with van der Waals surface area (Å²) in [5, 5.41) is 11.1. The average molecular weight is 399 g/mol. The molecule has 3 rings (SSSR count). The highest BCUT2D eigenvalue weighted by Crippen LogP contribution is 2.32. The number of anilines is 1. The van der Waals surface area contributed by atoms with Crippen molar-refractivity contribution in [2.24, 2.45) is 13.0 Å². The van der Waals surface area contributed by atoms with Crippen LogP contribution < -0.4 is 15.4 Å². The molecule has 1 aliphatic heterocycles. The van der Waals surface area contributed by atoms with Crippen LogP contribution in [0.15, 0.2) is 30.6 Å². The highest BCUT2D eigenvalue weighted by Gasteiger charge is 2.35. The number of ether oxygens (including phenoxy) is 1. The van der Waals surface area contributed by atoms with Gasteiger partial charge >= 0.3 is 0 Å². The summed E-state index contributed by atoms with van der Waals surface area (Å²) >= 11 is 6.09. The van der Waals surface area contributed by atoms with Gasteiger partial charge in [-0.15, -0.1) is 12.4 Å². The lowest BCUT2D eigenvalue weighted by Gasteiger charge is -2.18. The summed E-state index contributed by atoms with van der Waals surface area (Å²) in [5.41, 5.74) is 1.68. The third-order valence-electron chi connectivity index (χ3n) is 4.37. The lowest BCUT2D eigenvalue weighted by atomic mass is 9.90. The second-order valence-corrected chi connectivity index (χ2v) is 6.73. The van der Waals surface area contributed by atoms with E-state index in [-0.39, 0.29) is 30.2 Å². The molecule has 1 fully saturated rings. The summed E-state index contributed by atoms with van der Waals surface area (Å²) in [6.45, 7) is 4.03. The van der Waals surface area contributed by atoms with Crippen molar-refractivity contribution in [1.29, 1.82) is 0 Å². The van der Waals surface area contributed by atoms with E-state index in [0.717, 1.165) is 18.5 Å². The van der Waals surface area contributed by atoms with E-state index in [1.165, 1.54) is 0 Å². The first-order chi connectivity index (χ1) is 12.1. The van der Waals surface area contributed by atoms with Gasteiger partial charge < -0.3 is 15.4 Å². The molecule has 1 aromatic heterocycles. The standard InChI is InChI=1S/C18H23ClN4O2.ClH/c1-3-6-25-17-5-4-13(19)7-16(17)22-18(24)15-10-20-9-14(15)12-8-21-23(2)11-12;/h4-5,7-8,11,14-15,20H,3,6,9-10H2,1-2H3,(H,22,24);1H/t14-,15+;/m1./s1. The maximum atomic E-state index is 12.9. The Labute approximate surface area is 164 Å². The number of hydrogen-bond acceptors (Lipinski definition) is 4. The Morgan fingerprint density at radius 2 is 2.27 bits per heavy atom. The van der Waals surface area contributed by atoms with Gasteiger partial charge in [0, 0.05) is 37.3 Å². The number of halogens is 2. The van der Waals surface area contributed by atoms with Gasteiger partial charge in [-0.05, 0) is 30.2 Å². The smallest absolute Gasteiger partial charge is 0.229 e. The highest BCUT2D eigenvalue weighted by atomic mass is 35.5. The van der Waals surface area contributed by atoms with Gasteiger partial charge in [0.2, 0.25) is 5.91 Å². The van der Waals surface area contributed by atoms with E-state index < -0.39 is 0 Å². The molecule has 1 aliphatic rings. The van der Waals surface area contributed by atoms with Crippen molar-refractivity contribution in [3.63, 3.8) is 0 Å². The van der Waals surface area contributed by atoms with Crippen molar-refractivity contribution in [3.05, 3.63) is 41.2 Å². The normalized spacial score (nSPS) is 19.0. The molecule has 8 heteroatoms. The molecule has 6 nitrogen and oxygen atoms in total. The van der Waals surface area contributed by atoms with E-state index in [1.807, 2.05) is 26.4 Å². The number of carbonyl (C=O) groups is 1. The number of aryl methyl sites for hydroxylation is 1. The summed E-state index contributed by atoms with van der Waals surface area (Å²) in [7, 11) is 1.88. The van der Waals surface area contributed by atoms with Crippen LogP contribution in [0.4, 0.5) is 5.69 Å². The molecule has 0 spiro atoms. The monoisotopic (exact) mass is 398 g/mol. The van der Waals surface area contributed by atoms with Gasteiger partial charge in [0.25, 0.3) is 0 Å². The molecule has 1 amide bonds. The Kier molecular flexibility index (Phi) is 7.32. The molecule has 26 heavy (non-hydrogen) atoms. The van der Waals surface area contributed by atoms with Crippen LogP contribution in [0.3, 0.4) is 0 Å². The Bertz CT molecular complexity index is 751. The van der Waals surface area contributed by atoms with Gasteiger partial charge in [-0.25, -0.2) is 0 Å². The fourth-order valence-corrected chi connectivity index (χ4v) is 3.27. The molecule has 2 atom stereocenters. The minimum Gasteiger partial charge on any atom is -0.491 e. The second kappa shape index (κ2) is 9.26. The number of hydrogen-bond donors (Lipinski definition) is 2. The van der Waals surface area contributed by atoms with Gasteiger partial charge in [-0.3, -0.25) is 9.48 Å². The predicted octanol–water partition coefficient (Wildman–Crippen LogP) is 3.23. The lowest BCUT2D eigenvalue weighted by Crippen LogP contribution is -2.28. The third kappa shape index (κ3) is 4.69. The summed E-state index contributed by atoms with van der Waals surface area (Å²) in [5.74, 6) is 0.543. The van der Waals surface area contributed by atoms with Gasteiger partial charge in [0.1, 0.15) is 5.75 Å². The van der Waals surface area contributed by atoms with Crippen molar-refractivity contribution < 1.29 is 9.53 Å². The van der Waals surface area contributed by atoms with Crippen LogP contribution in [0.1, 0.15) is 24.8 Å². The zero-order chi connectivity index (χ0) is 17.8. The fourth-order valence-electron chi connectivity index (χ4n) is 3.10. The van der Waals surface area contributed by atoms with Gasteiger partial charge in [-0.2, -0.15) is 5.10 Å². The van der Waals surface area contributed by atoms with Crippen LogP contribution in [0.2, 0.25) is 5.02 Å². The van der Waals surface area contributed by atoms with Crippen molar-refractivity contribution >= 4 is 35.6 Å². The molecular formula is C18H24Cl2N4O2. The number of benzene rings is 1. The van der Waals surface area contributed by atoms with E-state index in [2.05, 4.69) is 15.7 Å². The van der Waals surface area contributed by atoms with Crippen LogP contribution in [0.5, 0.6) is 5.75 Å². The van der Waals surface area contributed by atoms with Crippen molar-refractivity contribution in [3.8, 4) is 5.75 Å². The van der Waals surface area contributed by atoms with Crippen LogP contribution in [0.25, 0.3) is 0 Å². The molecule has 2 N–H and O–H groups in total. The van der Waals surface area contributed by atoms with Gasteiger partial charge in [0.15, 0.2) is 0 Å². The van der Waals surface area contributed by atoms with E-state index in [4.69, 9.17) is 16.3 Å². The highest BCUT2D eigenvalue weighted by molar-refractivity contribution is 6.31. The van der Waals surface area contributed by atoms with E-state index in [0.29, 0.717) is 29.6 Å². The average Bonchev–Trinajstić information content (AvgIpc) is 3.22. The number of nitrogens with one attached hydrogen (secondary N) is 2. The zero-order valence-electron chi connectivity index (χ0n) is 14.9. The van der Waals surface area contributed by atoms with Gasteiger partial charge in [-0.1, -0.05) is 18.5 Å². The van der Waals surface area contributed by atoms with Crippen LogP contribution in [-0.4, -0.2) is 35.4 Å². The van der Waals surface area contributed by atoms with Gasteiger partial charge in [0.05, 0.1) is 24.4 Å². The van der Waals surface area contributed by atoms with Crippen LogP contribution in [-0.2, 0) is 11.8 Å². The first-order valence-electron chi connectivity index (χ1n) is 8.51. The Balaban J connectivity index is 0.00000243. The molecule has 0 aliphatic carbocycles. The molecular weight excluding hydrogens is 375 g/mol. The topological polar surface area (TPSA) is 68.2 Å². The number of aromatic nitrogens is 2. The Morgan fingerprint density at radius 1 is 1.46 bits per heavy atom. The molecule has 1 saturated heterocycles. The fraction of sp³-hybridized carbons (Fsp3) is 0.444. The number of amides is 1. The number of rotatable bonds is 6. The summed E-state index contributed by atoms with van der Waals surface area (Å²) in [4.78, 5) is 12.9. The molecule has 0 bridgehead atoms. The summed E-state index contributed by atoms with van der Waals surface area (Å²) in [6, 6.07) is 5.28. The lowest BCUT2D eigenvalue weighted by molar-refractivity contribution is -0.119. The maximum absolute atomic E-state index is 12.9. The maximum Gasteiger partial charge on any atom is 0.229 e. The largest absolute Gasteiger partial charge is 0.491 e. The van der Waals surface area contributed by atoms with E-state index in [1.54, 1.807) is 22.9 Å². The van der Waals surface area contributed by atoms with E-state index >= 15 is 0 Å². The predicted molar refractivity (Wildman–Crippen MR) is 105 cm³/mol. The second-order valence-electron chi connectivity index (χ2n) is 6.30. The molecule has 2 heterocycles. The van der Waals surface area contributed by atoms with E-state index in [9.17, 15) is 4.79 Å². The first-order valence-corrected chi connectivity index (χ1v) is 8.88. The van der Waals surface area contributed by atoms with Crippen LogP contribution >= 0.6 is 24.0 Å². The Morgan fingerprint density at radius 3 is 2.96 bits per heavy atom. The summed E-state index contributed by atoms with van der Waals surface area (Å²) < 4.78 is 7.48. The zero-order valence-corrected chi connectivity index (χ0v) is 16.4. The number of carbonyl (C=O) groups excluding carboxylic acids is 1. The van der Waals surface area contributed by atoms with Crippen molar-refractivity contribution in [2.75, 3.05) is 25.0 Å². The minimum atomic E-state index is -0.165. The molecule has 0 unspecified atom stereocenters. The quantitative estimate of drug-likeness (QED) is 0.783. The number of nitrogens with zero attached hydrogens (tertiary/aromatic N) is 2. The molecule has 142 valence electrons. The SMILES string of the molecule is CCCOc1ccc(Cl)cc1NC(=O)[C@H]1CNC[C@@H]1c1cnn(C)c1.Cl. The van der Waals surface area contributed by atoms with Crippen molar-refractivity contribution in [2.45, 2.75) is 19.3 Å². The first kappa shape index (κ1) is 20.6. The minimum absolute atomic E-state index is 0. The van der Waals surface area contributed by atoms with Crippen LogP contribution in [0, 0.1) is 5.92 Å². The third-order valence-corrected chi connectivity index (χ3v) is 4.60. The summed E-state index contributed by atoms with van der Waals surface area (Å²) in [6.07, 6.45) is 4.69. The molecule has 1 aromatic carbocycles. The molecule has 0 saturated carbocycles.